The Morgan fingerprint density at radius 1 is 1.20 bits per heavy atom. The molecule has 0 fully saturated rings. The van der Waals surface area contributed by atoms with Crippen LogP contribution in [0.1, 0.15) is 43.7 Å². The molecule has 1 heterocycles. The summed E-state index contributed by atoms with van der Waals surface area (Å²) in [4.78, 5) is 4.41. The minimum Gasteiger partial charge on any atom is -0.399 e. The normalized spacial score (nSPS) is 12.5. The molecule has 0 aliphatic carbocycles. The van der Waals surface area contributed by atoms with E-state index < -0.39 is 0 Å². The number of ether oxygens (including phenoxy) is 1. The third-order valence-electron chi connectivity index (χ3n) is 3.12. The fraction of sp³-hybridized carbons (Fsp3) is 0.467. The third-order valence-corrected chi connectivity index (χ3v) is 3.12. The van der Waals surface area contributed by atoms with Crippen molar-refractivity contribution in [1.82, 2.24) is 10.1 Å². The SMILES string of the molecule is CCOC(CC)c1noc(CCc2ccc(N)cc2)n1. The van der Waals surface area contributed by atoms with Crippen molar-refractivity contribution in [2.75, 3.05) is 12.3 Å². The molecule has 1 unspecified atom stereocenters. The largest absolute Gasteiger partial charge is 0.399 e. The Morgan fingerprint density at radius 3 is 2.60 bits per heavy atom. The zero-order valence-corrected chi connectivity index (χ0v) is 12.0. The van der Waals surface area contributed by atoms with E-state index in [0.717, 1.165) is 24.9 Å². The van der Waals surface area contributed by atoms with Crippen molar-refractivity contribution < 1.29 is 9.26 Å². The van der Waals surface area contributed by atoms with Crippen LogP contribution in [0.5, 0.6) is 0 Å². The van der Waals surface area contributed by atoms with Gasteiger partial charge in [-0.1, -0.05) is 24.2 Å². The molecule has 0 saturated heterocycles. The topological polar surface area (TPSA) is 74.2 Å². The maximum Gasteiger partial charge on any atom is 0.227 e. The highest BCUT2D eigenvalue weighted by Crippen LogP contribution is 2.18. The van der Waals surface area contributed by atoms with Gasteiger partial charge in [0.25, 0.3) is 0 Å². The molecule has 1 atom stereocenters. The number of nitrogen functional groups attached to an aromatic ring is 1. The first kappa shape index (κ1) is 14.5. The van der Waals surface area contributed by atoms with Crippen molar-refractivity contribution in [3.8, 4) is 0 Å². The Bertz CT molecular complexity index is 522. The molecule has 0 bridgehead atoms. The van der Waals surface area contributed by atoms with Crippen LogP contribution < -0.4 is 5.73 Å². The maximum atomic E-state index is 5.66. The van der Waals surface area contributed by atoms with Gasteiger partial charge in [-0.15, -0.1) is 0 Å². The van der Waals surface area contributed by atoms with Crippen LogP contribution in [0, 0.1) is 0 Å². The summed E-state index contributed by atoms with van der Waals surface area (Å²) < 4.78 is 10.8. The molecule has 5 heteroatoms. The predicted octanol–water partition coefficient (Wildman–Crippen LogP) is 2.92. The summed E-state index contributed by atoms with van der Waals surface area (Å²) >= 11 is 0. The number of anilines is 1. The first-order valence-electron chi connectivity index (χ1n) is 7.01. The summed E-state index contributed by atoms with van der Waals surface area (Å²) in [7, 11) is 0. The Kier molecular flexibility index (Phi) is 5.12. The quantitative estimate of drug-likeness (QED) is 0.786. The van der Waals surface area contributed by atoms with Gasteiger partial charge in [0.2, 0.25) is 11.7 Å². The van der Waals surface area contributed by atoms with E-state index in [1.54, 1.807) is 0 Å². The first-order chi connectivity index (χ1) is 9.72. The van der Waals surface area contributed by atoms with Gasteiger partial charge in [-0.3, -0.25) is 0 Å². The average Bonchev–Trinajstić information content (AvgIpc) is 2.93. The molecule has 0 spiro atoms. The molecular formula is C15H21N3O2. The lowest BCUT2D eigenvalue weighted by Crippen LogP contribution is -2.05. The molecule has 0 saturated carbocycles. The van der Waals surface area contributed by atoms with Gasteiger partial charge in [-0.25, -0.2) is 0 Å². The van der Waals surface area contributed by atoms with Crippen LogP contribution in [0.4, 0.5) is 5.69 Å². The van der Waals surface area contributed by atoms with Crippen molar-refractivity contribution in [2.24, 2.45) is 0 Å². The fourth-order valence-corrected chi connectivity index (χ4v) is 2.01. The minimum absolute atomic E-state index is 0.0750. The third kappa shape index (κ3) is 3.81. The van der Waals surface area contributed by atoms with E-state index in [9.17, 15) is 0 Å². The summed E-state index contributed by atoms with van der Waals surface area (Å²) in [5.74, 6) is 1.29. The summed E-state index contributed by atoms with van der Waals surface area (Å²) in [6, 6.07) is 7.83. The van der Waals surface area contributed by atoms with Gasteiger partial charge in [0.15, 0.2) is 0 Å². The summed E-state index contributed by atoms with van der Waals surface area (Å²) in [6.45, 7) is 4.66. The Labute approximate surface area is 119 Å². The van der Waals surface area contributed by atoms with Gasteiger partial charge < -0.3 is 15.0 Å². The van der Waals surface area contributed by atoms with E-state index in [-0.39, 0.29) is 6.10 Å². The molecule has 1 aromatic carbocycles. The van der Waals surface area contributed by atoms with Crippen molar-refractivity contribution in [1.29, 1.82) is 0 Å². The Hall–Kier alpha value is -1.88. The zero-order chi connectivity index (χ0) is 14.4. The molecule has 2 aromatic rings. The standard InChI is InChI=1S/C15H21N3O2/c1-3-13(19-4-2)15-17-14(20-18-15)10-7-11-5-8-12(16)9-6-11/h5-6,8-9,13H,3-4,7,10,16H2,1-2H3. The summed E-state index contributed by atoms with van der Waals surface area (Å²) in [6.07, 6.45) is 2.34. The van der Waals surface area contributed by atoms with Crippen LogP contribution in [0.2, 0.25) is 0 Å². The van der Waals surface area contributed by atoms with E-state index in [2.05, 4.69) is 10.1 Å². The molecule has 5 nitrogen and oxygen atoms in total. The number of nitrogens with zero attached hydrogens (tertiary/aromatic N) is 2. The van der Waals surface area contributed by atoms with Crippen molar-refractivity contribution in [3.63, 3.8) is 0 Å². The first-order valence-corrected chi connectivity index (χ1v) is 7.01. The van der Waals surface area contributed by atoms with Gasteiger partial charge in [0.05, 0.1) is 0 Å². The lowest BCUT2D eigenvalue weighted by atomic mass is 10.1. The second kappa shape index (κ2) is 7.05. The van der Waals surface area contributed by atoms with E-state index in [0.29, 0.717) is 18.3 Å². The molecule has 0 aliphatic heterocycles. The second-order valence-electron chi connectivity index (χ2n) is 4.64. The highest BCUT2D eigenvalue weighted by molar-refractivity contribution is 5.39. The van der Waals surface area contributed by atoms with Gasteiger partial charge in [0, 0.05) is 18.7 Å². The van der Waals surface area contributed by atoms with Crippen LogP contribution in [-0.4, -0.2) is 16.7 Å². The number of aryl methyl sites for hydroxylation is 2. The molecule has 1 aromatic heterocycles. The predicted molar refractivity (Wildman–Crippen MR) is 77.2 cm³/mol. The summed E-state index contributed by atoms with van der Waals surface area (Å²) in [5.41, 5.74) is 7.64. The second-order valence-corrected chi connectivity index (χ2v) is 4.64. The molecule has 2 rings (SSSR count). The van der Waals surface area contributed by atoms with Crippen LogP contribution in [0.3, 0.4) is 0 Å². The zero-order valence-electron chi connectivity index (χ0n) is 12.0. The van der Waals surface area contributed by atoms with Crippen LogP contribution in [0.25, 0.3) is 0 Å². The van der Waals surface area contributed by atoms with Crippen molar-refractivity contribution in [3.05, 3.63) is 41.5 Å². The number of rotatable bonds is 7. The molecule has 20 heavy (non-hydrogen) atoms. The van der Waals surface area contributed by atoms with Gasteiger partial charge in [-0.2, -0.15) is 4.98 Å². The Balaban J connectivity index is 1.93. The Morgan fingerprint density at radius 2 is 1.95 bits per heavy atom. The van der Waals surface area contributed by atoms with Gasteiger partial charge in [-0.05, 0) is 37.5 Å². The lowest BCUT2D eigenvalue weighted by molar-refractivity contribution is 0.0518. The molecule has 0 radical (unpaired) electrons. The molecule has 108 valence electrons. The number of hydrogen-bond acceptors (Lipinski definition) is 5. The van der Waals surface area contributed by atoms with E-state index >= 15 is 0 Å². The highest BCUT2D eigenvalue weighted by atomic mass is 16.5. The fourth-order valence-electron chi connectivity index (χ4n) is 2.01. The smallest absolute Gasteiger partial charge is 0.227 e. The van der Waals surface area contributed by atoms with Crippen molar-refractivity contribution in [2.45, 2.75) is 39.2 Å². The van der Waals surface area contributed by atoms with Crippen molar-refractivity contribution >= 4 is 5.69 Å². The molecular weight excluding hydrogens is 254 g/mol. The summed E-state index contributed by atoms with van der Waals surface area (Å²) in [5, 5.41) is 4.00. The molecule has 0 aliphatic rings. The molecule has 0 amide bonds. The minimum atomic E-state index is -0.0750. The van der Waals surface area contributed by atoms with E-state index in [4.69, 9.17) is 15.0 Å². The number of hydrogen-bond donors (Lipinski definition) is 1. The number of benzene rings is 1. The number of nitrogens with two attached hydrogens (primary N) is 1. The maximum absolute atomic E-state index is 5.66. The van der Waals surface area contributed by atoms with Gasteiger partial charge >= 0.3 is 0 Å². The van der Waals surface area contributed by atoms with Crippen LogP contribution in [-0.2, 0) is 17.6 Å². The monoisotopic (exact) mass is 275 g/mol. The van der Waals surface area contributed by atoms with E-state index in [1.807, 2.05) is 38.1 Å². The molecule has 2 N–H and O–H groups in total. The lowest BCUT2D eigenvalue weighted by Gasteiger charge is -2.09. The highest BCUT2D eigenvalue weighted by Gasteiger charge is 2.16. The van der Waals surface area contributed by atoms with Gasteiger partial charge in [0.1, 0.15) is 6.10 Å². The van der Waals surface area contributed by atoms with Crippen LogP contribution >= 0.6 is 0 Å². The number of aromatic nitrogens is 2. The van der Waals surface area contributed by atoms with Crippen LogP contribution in [0.15, 0.2) is 28.8 Å². The average molecular weight is 275 g/mol. The van der Waals surface area contributed by atoms with E-state index in [1.165, 1.54) is 5.56 Å².